The molecule has 0 bridgehead atoms. The summed E-state index contributed by atoms with van der Waals surface area (Å²) in [5, 5.41) is 2.75. The third-order valence-electron chi connectivity index (χ3n) is 2.93. The van der Waals surface area contributed by atoms with Crippen molar-refractivity contribution in [3.8, 4) is 0 Å². The Balaban J connectivity index is 1.81. The summed E-state index contributed by atoms with van der Waals surface area (Å²) in [5.74, 6) is 0.218. The van der Waals surface area contributed by atoms with Crippen molar-refractivity contribution in [3.05, 3.63) is 34.2 Å². The molecule has 0 radical (unpaired) electrons. The van der Waals surface area contributed by atoms with Crippen molar-refractivity contribution in [2.24, 2.45) is 5.92 Å². The van der Waals surface area contributed by atoms with E-state index in [1.54, 1.807) is 0 Å². The molecule has 1 saturated heterocycles. The number of amides is 1. The van der Waals surface area contributed by atoms with E-state index in [0.29, 0.717) is 12.5 Å². The van der Waals surface area contributed by atoms with Crippen LogP contribution in [0.4, 0.5) is 0 Å². The van der Waals surface area contributed by atoms with Crippen molar-refractivity contribution in [1.82, 2.24) is 10.3 Å². The van der Waals surface area contributed by atoms with Crippen molar-refractivity contribution in [2.75, 3.05) is 19.8 Å². The SMILES string of the molecule is O=C(NCCC1CCOC1)c1c[nH]ccc1=O. The first kappa shape index (κ1) is 11.9. The lowest BCUT2D eigenvalue weighted by atomic mass is 10.1. The van der Waals surface area contributed by atoms with Crippen LogP contribution in [0.3, 0.4) is 0 Å². The van der Waals surface area contributed by atoms with Crippen molar-refractivity contribution in [3.63, 3.8) is 0 Å². The van der Waals surface area contributed by atoms with Gasteiger partial charge in [-0.25, -0.2) is 0 Å². The second-order valence-electron chi connectivity index (χ2n) is 4.20. The van der Waals surface area contributed by atoms with Gasteiger partial charge in [0.15, 0.2) is 5.43 Å². The number of aromatic nitrogens is 1. The highest BCUT2D eigenvalue weighted by molar-refractivity contribution is 5.93. The Kier molecular flexibility index (Phi) is 3.93. The van der Waals surface area contributed by atoms with Gasteiger partial charge in [-0.15, -0.1) is 0 Å². The molecule has 0 saturated carbocycles. The second kappa shape index (κ2) is 5.63. The predicted molar refractivity (Wildman–Crippen MR) is 62.9 cm³/mol. The van der Waals surface area contributed by atoms with Crippen LogP contribution >= 0.6 is 0 Å². The maximum absolute atomic E-state index is 11.7. The molecule has 17 heavy (non-hydrogen) atoms. The van der Waals surface area contributed by atoms with E-state index in [4.69, 9.17) is 4.74 Å². The fourth-order valence-corrected chi connectivity index (χ4v) is 1.89. The van der Waals surface area contributed by atoms with E-state index in [-0.39, 0.29) is 16.9 Å². The Bertz CT molecular complexity index is 435. The first-order valence-corrected chi connectivity index (χ1v) is 5.80. The molecule has 2 rings (SSSR count). The van der Waals surface area contributed by atoms with Crippen molar-refractivity contribution < 1.29 is 9.53 Å². The van der Waals surface area contributed by atoms with Gasteiger partial charge in [-0.2, -0.15) is 0 Å². The van der Waals surface area contributed by atoms with E-state index in [1.807, 2.05) is 0 Å². The molecule has 1 aromatic rings. The highest BCUT2D eigenvalue weighted by Gasteiger charge is 2.16. The van der Waals surface area contributed by atoms with Gasteiger partial charge in [0.1, 0.15) is 5.56 Å². The number of pyridine rings is 1. The molecule has 1 unspecified atom stereocenters. The van der Waals surface area contributed by atoms with Crippen LogP contribution in [0.15, 0.2) is 23.3 Å². The molecular formula is C12H16N2O3. The minimum atomic E-state index is -0.314. The summed E-state index contributed by atoms with van der Waals surface area (Å²) in [6, 6.07) is 1.35. The molecule has 1 aliphatic heterocycles. The molecule has 1 amide bonds. The monoisotopic (exact) mass is 236 g/mol. The normalized spacial score (nSPS) is 19.2. The van der Waals surface area contributed by atoms with E-state index >= 15 is 0 Å². The smallest absolute Gasteiger partial charge is 0.256 e. The quantitative estimate of drug-likeness (QED) is 0.801. The van der Waals surface area contributed by atoms with E-state index in [0.717, 1.165) is 26.1 Å². The first-order chi connectivity index (χ1) is 8.27. The minimum Gasteiger partial charge on any atom is -0.381 e. The molecule has 1 aromatic heterocycles. The van der Waals surface area contributed by atoms with Crippen LogP contribution in [0, 0.1) is 5.92 Å². The molecule has 5 nitrogen and oxygen atoms in total. The number of nitrogens with one attached hydrogen (secondary N) is 2. The zero-order valence-electron chi connectivity index (χ0n) is 9.57. The number of rotatable bonds is 4. The molecule has 1 atom stereocenters. The van der Waals surface area contributed by atoms with Gasteiger partial charge in [-0.05, 0) is 18.8 Å². The molecule has 0 spiro atoms. The summed E-state index contributed by atoms with van der Waals surface area (Å²) in [5.41, 5.74) is -0.0966. The van der Waals surface area contributed by atoms with Crippen LogP contribution in [0.1, 0.15) is 23.2 Å². The van der Waals surface area contributed by atoms with Gasteiger partial charge < -0.3 is 15.0 Å². The summed E-state index contributed by atoms with van der Waals surface area (Å²) in [6.07, 6.45) is 4.89. The molecule has 0 aliphatic carbocycles. The van der Waals surface area contributed by atoms with E-state index in [9.17, 15) is 9.59 Å². The fraction of sp³-hybridized carbons (Fsp3) is 0.500. The molecule has 1 aliphatic rings. The third kappa shape index (κ3) is 3.17. The topological polar surface area (TPSA) is 71.2 Å². The summed E-state index contributed by atoms with van der Waals surface area (Å²) in [4.78, 5) is 25.8. The van der Waals surface area contributed by atoms with Gasteiger partial charge >= 0.3 is 0 Å². The zero-order chi connectivity index (χ0) is 12.1. The average molecular weight is 236 g/mol. The number of aromatic amines is 1. The highest BCUT2D eigenvalue weighted by Crippen LogP contribution is 2.15. The lowest BCUT2D eigenvalue weighted by molar-refractivity contribution is 0.0949. The Morgan fingerprint density at radius 1 is 1.59 bits per heavy atom. The Labute approximate surface area is 99.2 Å². The number of H-pyrrole nitrogens is 1. The first-order valence-electron chi connectivity index (χ1n) is 5.80. The number of hydrogen-bond donors (Lipinski definition) is 2. The number of ether oxygens (including phenoxy) is 1. The average Bonchev–Trinajstić information content (AvgIpc) is 2.82. The Morgan fingerprint density at radius 2 is 2.47 bits per heavy atom. The summed E-state index contributed by atoms with van der Waals surface area (Å²) >= 11 is 0. The van der Waals surface area contributed by atoms with Crippen LogP contribution < -0.4 is 10.7 Å². The minimum absolute atomic E-state index is 0.162. The fourth-order valence-electron chi connectivity index (χ4n) is 1.89. The van der Waals surface area contributed by atoms with Gasteiger partial charge in [0.05, 0.1) is 0 Å². The Morgan fingerprint density at radius 3 is 3.18 bits per heavy atom. The molecule has 1 fully saturated rings. The Hall–Kier alpha value is -1.62. The van der Waals surface area contributed by atoms with Crippen molar-refractivity contribution in [1.29, 1.82) is 0 Å². The summed E-state index contributed by atoms with van der Waals surface area (Å²) in [7, 11) is 0. The number of carbonyl (C=O) groups is 1. The maximum atomic E-state index is 11.7. The van der Waals surface area contributed by atoms with Gasteiger partial charge in [0.25, 0.3) is 5.91 Å². The van der Waals surface area contributed by atoms with E-state index < -0.39 is 0 Å². The van der Waals surface area contributed by atoms with Gasteiger partial charge in [0, 0.05) is 38.2 Å². The van der Waals surface area contributed by atoms with Gasteiger partial charge in [0.2, 0.25) is 0 Å². The molecular weight excluding hydrogens is 220 g/mol. The summed E-state index contributed by atoms with van der Waals surface area (Å²) < 4.78 is 5.25. The predicted octanol–water partition coefficient (Wildman–Crippen LogP) is 0.531. The lowest BCUT2D eigenvalue weighted by Crippen LogP contribution is -2.30. The number of hydrogen-bond acceptors (Lipinski definition) is 3. The standard InChI is InChI=1S/C12H16N2O3/c15-11-2-4-13-7-10(11)12(16)14-5-1-9-3-6-17-8-9/h2,4,7,9H,1,3,5-6,8H2,(H,13,15)(H,14,16). The zero-order valence-corrected chi connectivity index (χ0v) is 9.57. The molecule has 92 valence electrons. The van der Waals surface area contributed by atoms with Crippen LogP contribution in [0.5, 0.6) is 0 Å². The van der Waals surface area contributed by atoms with E-state index in [2.05, 4.69) is 10.3 Å². The largest absolute Gasteiger partial charge is 0.381 e. The molecule has 2 N–H and O–H groups in total. The van der Waals surface area contributed by atoms with Crippen molar-refractivity contribution in [2.45, 2.75) is 12.8 Å². The molecule has 0 aromatic carbocycles. The van der Waals surface area contributed by atoms with Crippen LogP contribution in [-0.4, -0.2) is 30.6 Å². The second-order valence-corrected chi connectivity index (χ2v) is 4.20. The maximum Gasteiger partial charge on any atom is 0.256 e. The van der Waals surface area contributed by atoms with Crippen molar-refractivity contribution >= 4 is 5.91 Å². The third-order valence-corrected chi connectivity index (χ3v) is 2.93. The highest BCUT2D eigenvalue weighted by atomic mass is 16.5. The van der Waals surface area contributed by atoms with Crippen LogP contribution in [0.2, 0.25) is 0 Å². The van der Waals surface area contributed by atoms with E-state index in [1.165, 1.54) is 18.5 Å². The van der Waals surface area contributed by atoms with Crippen LogP contribution in [-0.2, 0) is 4.74 Å². The van der Waals surface area contributed by atoms with Gasteiger partial charge in [-0.3, -0.25) is 9.59 Å². The van der Waals surface area contributed by atoms with Crippen LogP contribution in [0.25, 0.3) is 0 Å². The molecule has 2 heterocycles. The lowest BCUT2D eigenvalue weighted by Gasteiger charge is -2.08. The number of carbonyl (C=O) groups excluding carboxylic acids is 1. The molecule has 5 heteroatoms. The van der Waals surface area contributed by atoms with Gasteiger partial charge in [-0.1, -0.05) is 0 Å². The summed E-state index contributed by atoms with van der Waals surface area (Å²) in [6.45, 7) is 2.18.